The molecule has 92 valence electrons. The smallest absolute Gasteiger partial charge is 0.212 e. The van der Waals surface area contributed by atoms with Gasteiger partial charge in [0.25, 0.3) is 0 Å². The summed E-state index contributed by atoms with van der Waals surface area (Å²) in [4.78, 5) is 0. The van der Waals surface area contributed by atoms with Gasteiger partial charge in [-0.05, 0) is 24.2 Å². The van der Waals surface area contributed by atoms with Gasteiger partial charge in [-0.2, -0.15) is 0 Å². The Labute approximate surface area is 93.9 Å². The number of nitrogens with zero attached hydrogens (tertiary/aromatic N) is 1. The van der Waals surface area contributed by atoms with Crippen LogP contribution in [0, 0.1) is 11.3 Å². The molecule has 3 fully saturated rings. The summed E-state index contributed by atoms with van der Waals surface area (Å²) in [6.07, 6.45) is 1.73. The van der Waals surface area contributed by atoms with Gasteiger partial charge in [0.2, 0.25) is 15.9 Å². The van der Waals surface area contributed by atoms with Crippen LogP contribution in [0.25, 0.3) is 0 Å². The number of rotatable bonds is 3. The second-order valence-corrected chi connectivity index (χ2v) is 7.69. The first-order chi connectivity index (χ1) is 7.30. The van der Waals surface area contributed by atoms with Gasteiger partial charge in [-0.3, -0.25) is 0 Å². The molecular weight excluding hydrogens is 236 g/mol. The maximum absolute atomic E-state index is 12.6. The van der Waals surface area contributed by atoms with Gasteiger partial charge in [0, 0.05) is 25.9 Å². The minimum absolute atomic E-state index is 0.0847. The molecule has 0 atom stereocenters. The molecule has 16 heavy (non-hydrogen) atoms. The molecule has 3 nitrogen and oxygen atoms in total. The summed E-state index contributed by atoms with van der Waals surface area (Å²) in [5.74, 6) is -3.04. The van der Waals surface area contributed by atoms with E-state index in [1.54, 1.807) is 0 Å². The first-order valence-electron chi connectivity index (χ1n) is 5.66. The number of halogens is 2. The predicted octanol–water partition coefficient (Wildman–Crippen LogP) is 1.46. The standard InChI is InChI=1S/C10H15F2NO2S/c11-10(12)3-8(4-10)5-16(14,15)13-6-9(7-13)1-2-9/h8H,1-7H2. The van der Waals surface area contributed by atoms with Gasteiger partial charge >= 0.3 is 0 Å². The zero-order valence-electron chi connectivity index (χ0n) is 8.95. The van der Waals surface area contributed by atoms with Crippen molar-refractivity contribution in [1.82, 2.24) is 4.31 Å². The van der Waals surface area contributed by atoms with E-state index in [0.29, 0.717) is 13.1 Å². The van der Waals surface area contributed by atoms with Crippen molar-refractivity contribution < 1.29 is 17.2 Å². The first-order valence-corrected chi connectivity index (χ1v) is 7.27. The molecule has 3 rings (SSSR count). The quantitative estimate of drug-likeness (QED) is 0.761. The summed E-state index contributed by atoms with van der Waals surface area (Å²) in [5.41, 5.74) is 0.288. The third-order valence-corrected chi connectivity index (χ3v) is 5.93. The minimum atomic E-state index is -3.26. The van der Waals surface area contributed by atoms with Gasteiger partial charge in [0.1, 0.15) is 0 Å². The van der Waals surface area contributed by atoms with Gasteiger partial charge in [0.05, 0.1) is 5.75 Å². The Hall–Kier alpha value is -0.230. The van der Waals surface area contributed by atoms with Crippen LogP contribution >= 0.6 is 0 Å². The summed E-state index contributed by atoms with van der Waals surface area (Å²) in [6, 6.07) is 0. The van der Waals surface area contributed by atoms with Crippen LogP contribution in [0.3, 0.4) is 0 Å². The molecule has 2 aliphatic carbocycles. The number of hydrogen-bond donors (Lipinski definition) is 0. The van der Waals surface area contributed by atoms with Crippen molar-refractivity contribution in [2.75, 3.05) is 18.8 Å². The second kappa shape index (κ2) is 2.96. The highest BCUT2D eigenvalue weighted by Crippen LogP contribution is 2.54. The highest BCUT2D eigenvalue weighted by atomic mass is 32.2. The van der Waals surface area contributed by atoms with Crippen LogP contribution in [0.15, 0.2) is 0 Å². The summed E-state index contributed by atoms with van der Waals surface area (Å²) in [5, 5.41) is 0. The fraction of sp³-hybridized carbons (Fsp3) is 1.00. The fourth-order valence-corrected chi connectivity index (χ4v) is 4.68. The number of hydrogen-bond acceptors (Lipinski definition) is 2. The van der Waals surface area contributed by atoms with Gasteiger partial charge < -0.3 is 0 Å². The lowest BCUT2D eigenvalue weighted by molar-refractivity contribution is -0.103. The topological polar surface area (TPSA) is 37.4 Å². The molecule has 2 saturated carbocycles. The lowest BCUT2D eigenvalue weighted by Crippen LogP contribution is -2.53. The molecule has 0 aromatic rings. The average Bonchev–Trinajstić information content (AvgIpc) is 2.74. The third-order valence-electron chi connectivity index (χ3n) is 3.99. The largest absolute Gasteiger partial charge is 0.248 e. The van der Waals surface area contributed by atoms with Crippen LogP contribution in [0.2, 0.25) is 0 Å². The molecule has 0 N–H and O–H groups in total. The lowest BCUT2D eigenvalue weighted by Gasteiger charge is -2.41. The van der Waals surface area contributed by atoms with Gasteiger partial charge in [-0.25, -0.2) is 21.5 Å². The molecule has 0 aromatic carbocycles. The van der Waals surface area contributed by atoms with E-state index in [9.17, 15) is 17.2 Å². The monoisotopic (exact) mass is 251 g/mol. The van der Waals surface area contributed by atoms with E-state index < -0.39 is 15.9 Å². The second-order valence-electron chi connectivity index (χ2n) is 5.68. The van der Waals surface area contributed by atoms with Crippen molar-refractivity contribution in [3.8, 4) is 0 Å². The Morgan fingerprint density at radius 2 is 1.75 bits per heavy atom. The van der Waals surface area contributed by atoms with Crippen LogP contribution in [-0.4, -0.2) is 37.5 Å². The van der Waals surface area contributed by atoms with E-state index >= 15 is 0 Å². The van der Waals surface area contributed by atoms with Crippen LogP contribution < -0.4 is 0 Å². The summed E-state index contributed by atoms with van der Waals surface area (Å²) in [7, 11) is -3.26. The van der Waals surface area contributed by atoms with E-state index in [2.05, 4.69) is 0 Å². The highest BCUT2D eigenvalue weighted by molar-refractivity contribution is 7.89. The van der Waals surface area contributed by atoms with Crippen LogP contribution in [0.1, 0.15) is 25.7 Å². The molecular formula is C10H15F2NO2S. The first kappa shape index (κ1) is 10.9. The molecule has 0 radical (unpaired) electrons. The summed E-state index contributed by atoms with van der Waals surface area (Å²) < 4.78 is 50.3. The van der Waals surface area contributed by atoms with E-state index in [0.717, 1.165) is 12.8 Å². The molecule has 6 heteroatoms. The van der Waals surface area contributed by atoms with Crippen LogP contribution in [0.5, 0.6) is 0 Å². The maximum atomic E-state index is 12.6. The lowest BCUT2D eigenvalue weighted by atomic mass is 9.83. The predicted molar refractivity (Wildman–Crippen MR) is 54.7 cm³/mol. The van der Waals surface area contributed by atoms with Crippen molar-refractivity contribution >= 4 is 10.0 Å². The number of sulfonamides is 1. The maximum Gasteiger partial charge on any atom is 0.248 e. The van der Waals surface area contributed by atoms with Crippen LogP contribution in [0.4, 0.5) is 8.78 Å². The molecule has 1 aliphatic heterocycles. The molecule has 1 heterocycles. The van der Waals surface area contributed by atoms with E-state index in [4.69, 9.17) is 0 Å². The Kier molecular flexibility index (Phi) is 2.01. The molecule has 1 spiro atoms. The Bertz CT molecular complexity index is 401. The average molecular weight is 251 g/mol. The Morgan fingerprint density at radius 3 is 2.19 bits per heavy atom. The Morgan fingerprint density at radius 1 is 1.19 bits per heavy atom. The highest BCUT2D eigenvalue weighted by Gasteiger charge is 2.56. The van der Waals surface area contributed by atoms with Crippen molar-refractivity contribution in [2.24, 2.45) is 11.3 Å². The summed E-state index contributed by atoms with van der Waals surface area (Å²) in [6.45, 7) is 1.25. The zero-order chi connectivity index (χ0) is 11.6. The number of alkyl halides is 2. The van der Waals surface area contributed by atoms with Gasteiger partial charge in [0.15, 0.2) is 0 Å². The van der Waals surface area contributed by atoms with Crippen molar-refractivity contribution in [3.63, 3.8) is 0 Å². The van der Waals surface area contributed by atoms with Crippen molar-refractivity contribution in [2.45, 2.75) is 31.6 Å². The van der Waals surface area contributed by atoms with Crippen molar-refractivity contribution in [1.29, 1.82) is 0 Å². The van der Waals surface area contributed by atoms with E-state index in [1.165, 1.54) is 4.31 Å². The molecule has 0 aromatic heterocycles. The van der Waals surface area contributed by atoms with Crippen molar-refractivity contribution in [3.05, 3.63) is 0 Å². The van der Waals surface area contributed by atoms with Gasteiger partial charge in [-0.1, -0.05) is 0 Å². The molecule has 0 amide bonds. The zero-order valence-corrected chi connectivity index (χ0v) is 9.77. The molecule has 3 aliphatic rings. The van der Waals surface area contributed by atoms with E-state index in [-0.39, 0.29) is 29.9 Å². The van der Waals surface area contributed by atoms with Gasteiger partial charge in [-0.15, -0.1) is 0 Å². The van der Waals surface area contributed by atoms with Crippen LogP contribution in [-0.2, 0) is 10.0 Å². The Balaban J connectivity index is 1.54. The fourth-order valence-electron chi connectivity index (χ4n) is 2.70. The summed E-state index contributed by atoms with van der Waals surface area (Å²) >= 11 is 0. The molecule has 0 bridgehead atoms. The molecule has 1 saturated heterocycles. The minimum Gasteiger partial charge on any atom is -0.212 e. The molecule has 0 unspecified atom stereocenters. The third kappa shape index (κ3) is 1.76. The van der Waals surface area contributed by atoms with E-state index in [1.807, 2.05) is 0 Å². The normalized spacial score (nSPS) is 32.1. The SMILES string of the molecule is O=S(=O)(CC1CC(F)(F)C1)N1CC2(CC2)C1.